The summed E-state index contributed by atoms with van der Waals surface area (Å²) >= 11 is 0. The minimum Gasteiger partial charge on any atom is -0.494 e. The molecule has 1 aromatic carbocycles. The second kappa shape index (κ2) is 10.7. The van der Waals surface area contributed by atoms with Crippen LogP contribution in [0, 0.1) is 0 Å². The number of rotatable bonds is 9. The zero-order chi connectivity index (χ0) is 18.8. The van der Waals surface area contributed by atoms with Crippen LogP contribution in [-0.2, 0) is 9.53 Å². The molecule has 26 heavy (non-hydrogen) atoms. The normalized spacial score (nSPS) is 16.4. The number of nitrogens with zero attached hydrogens (tertiary/aromatic N) is 1. The Bertz CT molecular complexity index is 577. The predicted molar refractivity (Wildman–Crippen MR) is 100 cm³/mol. The van der Waals surface area contributed by atoms with Gasteiger partial charge in [0.1, 0.15) is 11.8 Å². The lowest BCUT2D eigenvalue weighted by Crippen LogP contribution is -2.47. The molecule has 0 unspecified atom stereocenters. The number of carbonyl (C=O) groups excluding carboxylic acids is 2. The maximum atomic E-state index is 12.5. The van der Waals surface area contributed by atoms with Crippen molar-refractivity contribution in [3.63, 3.8) is 0 Å². The molecule has 1 saturated heterocycles. The lowest BCUT2D eigenvalue weighted by molar-refractivity contribution is -0.124. The molecule has 0 spiro atoms. The average molecular weight is 363 g/mol. The Morgan fingerprint density at radius 3 is 2.65 bits per heavy atom. The molecule has 1 heterocycles. The van der Waals surface area contributed by atoms with E-state index in [1.54, 1.807) is 17.0 Å². The summed E-state index contributed by atoms with van der Waals surface area (Å²) in [4.78, 5) is 26.5. The van der Waals surface area contributed by atoms with Crippen LogP contribution in [0.25, 0.3) is 0 Å². The third kappa shape index (κ3) is 5.91. The highest BCUT2D eigenvalue weighted by atomic mass is 16.5. The maximum Gasteiger partial charge on any atom is 0.322 e. The molecule has 0 bridgehead atoms. The van der Waals surface area contributed by atoms with Crippen molar-refractivity contribution in [3.05, 3.63) is 24.3 Å². The summed E-state index contributed by atoms with van der Waals surface area (Å²) < 4.78 is 10.6. The minimum absolute atomic E-state index is 0.0964. The minimum atomic E-state index is -0.412. The predicted octanol–water partition coefficient (Wildman–Crippen LogP) is 2.62. The third-order valence-electron chi connectivity index (χ3n) is 4.20. The van der Waals surface area contributed by atoms with Gasteiger partial charge in [0.05, 0.1) is 6.61 Å². The van der Waals surface area contributed by atoms with E-state index in [4.69, 9.17) is 9.47 Å². The molecule has 0 aliphatic carbocycles. The van der Waals surface area contributed by atoms with E-state index < -0.39 is 6.04 Å². The van der Waals surface area contributed by atoms with Gasteiger partial charge in [-0.2, -0.15) is 0 Å². The summed E-state index contributed by atoms with van der Waals surface area (Å²) in [7, 11) is 0. The number of urea groups is 1. The summed E-state index contributed by atoms with van der Waals surface area (Å²) in [6, 6.07) is 6.55. The molecule has 1 aromatic rings. The molecule has 1 fully saturated rings. The van der Waals surface area contributed by atoms with Crippen LogP contribution >= 0.6 is 0 Å². The Morgan fingerprint density at radius 2 is 1.96 bits per heavy atom. The van der Waals surface area contributed by atoms with Crippen molar-refractivity contribution < 1.29 is 19.1 Å². The van der Waals surface area contributed by atoms with Crippen molar-refractivity contribution in [2.45, 2.75) is 39.2 Å². The summed E-state index contributed by atoms with van der Waals surface area (Å²) in [6.07, 6.45) is 2.28. The Morgan fingerprint density at radius 1 is 1.19 bits per heavy atom. The van der Waals surface area contributed by atoms with Crippen LogP contribution in [0.5, 0.6) is 5.75 Å². The first kappa shape index (κ1) is 20.0. The van der Waals surface area contributed by atoms with Crippen LogP contribution in [0.15, 0.2) is 24.3 Å². The number of carbonyl (C=O) groups is 2. The maximum absolute atomic E-state index is 12.5. The Labute approximate surface area is 155 Å². The first-order valence-electron chi connectivity index (χ1n) is 9.31. The SMILES string of the molecule is CCOCCCNC(=O)[C@H]1CCCN1C(=O)Nc1ccc(OCC)cc1. The van der Waals surface area contributed by atoms with Crippen molar-refractivity contribution in [1.29, 1.82) is 0 Å². The fourth-order valence-electron chi connectivity index (χ4n) is 2.93. The standard InChI is InChI=1S/C19H29N3O4/c1-3-25-14-6-12-20-18(23)17-7-5-13-22(17)19(24)21-15-8-10-16(11-9-15)26-4-2/h8-11,17H,3-7,12-14H2,1-2H3,(H,20,23)(H,21,24)/t17-/m1/s1. The number of anilines is 1. The van der Waals surface area contributed by atoms with E-state index in [2.05, 4.69) is 10.6 Å². The van der Waals surface area contributed by atoms with Gasteiger partial charge < -0.3 is 25.0 Å². The van der Waals surface area contributed by atoms with Gasteiger partial charge in [-0.15, -0.1) is 0 Å². The number of hydrogen-bond donors (Lipinski definition) is 2. The van der Waals surface area contributed by atoms with E-state index in [1.807, 2.05) is 26.0 Å². The van der Waals surface area contributed by atoms with Crippen molar-refractivity contribution >= 4 is 17.6 Å². The summed E-state index contributed by atoms with van der Waals surface area (Å²) in [5.41, 5.74) is 0.682. The highest BCUT2D eigenvalue weighted by Crippen LogP contribution is 2.20. The van der Waals surface area contributed by atoms with Gasteiger partial charge >= 0.3 is 6.03 Å². The number of likely N-dealkylation sites (tertiary alicyclic amines) is 1. The molecule has 144 valence electrons. The van der Waals surface area contributed by atoms with Gasteiger partial charge in [0, 0.05) is 32.0 Å². The molecule has 2 N–H and O–H groups in total. The molecule has 1 atom stereocenters. The Hall–Kier alpha value is -2.28. The van der Waals surface area contributed by atoms with Crippen LogP contribution in [0.2, 0.25) is 0 Å². The highest BCUT2D eigenvalue weighted by molar-refractivity contribution is 5.94. The van der Waals surface area contributed by atoms with Crippen molar-refractivity contribution in [2.24, 2.45) is 0 Å². The molecule has 1 aliphatic heterocycles. The quantitative estimate of drug-likeness (QED) is 0.661. The van der Waals surface area contributed by atoms with Crippen LogP contribution < -0.4 is 15.4 Å². The van der Waals surface area contributed by atoms with Gasteiger partial charge in [-0.25, -0.2) is 4.79 Å². The molecule has 7 heteroatoms. The van der Waals surface area contributed by atoms with Gasteiger partial charge in [-0.1, -0.05) is 0 Å². The fourth-order valence-corrected chi connectivity index (χ4v) is 2.93. The average Bonchev–Trinajstić information content (AvgIpc) is 3.13. The number of nitrogens with one attached hydrogen (secondary N) is 2. The van der Waals surface area contributed by atoms with E-state index in [0.717, 1.165) is 18.6 Å². The first-order valence-corrected chi connectivity index (χ1v) is 9.31. The van der Waals surface area contributed by atoms with Crippen LogP contribution in [0.4, 0.5) is 10.5 Å². The molecule has 7 nitrogen and oxygen atoms in total. The molecule has 3 amide bonds. The lowest BCUT2D eigenvalue weighted by atomic mass is 10.2. The topological polar surface area (TPSA) is 79.9 Å². The molecule has 0 aromatic heterocycles. The summed E-state index contributed by atoms with van der Waals surface area (Å²) in [6.45, 7) is 6.91. The van der Waals surface area contributed by atoms with E-state index in [0.29, 0.717) is 45.0 Å². The smallest absolute Gasteiger partial charge is 0.322 e. The van der Waals surface area contributed by atoms with Gasteiger partial charge in [-0.3, -0.25) is 4.79 Å². The van der Waals surface area contributed by atoms with Crippen LogP contribution in [-0.4, -0.2) is 55.8 Å². The highest BCUT2D eigenvalue weighted by Gasteiger charge is 2.33. The number of ether oxygens (including phenoxy) is 2. The van der Waals surface area contributed by atoms with E-state index >= 15 is 0 Å². The number of amides is 3. The van der Waals surface area contributed by atoms with E-state index in [9.17, 15) is 9.59 Å². The van der Waals surface area contributed by atoms with Crippen molar-refractivity contribution in [2.75, 3.05) is 38.2 Å². The van der Waals surface area contributed by atoms with Crippen molar-refractivity contribution in [3.8, 4) is 5.75 Å². The van der Waals surface area contributed by atoms with Crippen LogP contribution in [0.1, 0.15) is 33.1 Å². The first-order chi connectivity index (χ1) is 12.7. The molecular formula is C19H29N3O4. The zero-order valence-electron chi connectivity index (χ0n) is 15.6. The van der Waals surface area contributed by atoms with Crippen LogP contribution in [0.3, 0.4) is 0 Å². The van der Waals surface area contributed by atoms with E-state index in [-0.39, 0.29) is 11.9 Å². The second-order valence-corrected chi connectivity index (χ2v) is 6.08. The Balaban J connectivity index is 1.83. The molecule has 2 rings (SSSR count). The summed E-state index contributed by atoms with van der Waals surface area (Å²) in [5.74, 6) is 0.664. The van der Waals surface area contributed by atoms with Crippen molar-refractivity contribution in [1.82, 2.24) is 10.2 Å². The lowest BCUT2D eigenvalue weighted by Gasteiger charge is -2.24. The van der Waals surface area contributed by atoms with Gasteiger partial charge in [0.25, 0.3) is 0 Å². The molecule has 0 saturated carbocycles. The molecule has 0 radical (unpaired) electrons. The van der Waals surface area contributed by atoms with E-state index in [1.165, 1.54) is 0 Å². The number of hydrogen-bond acceptors (Lipinski definition) is 4. The van der Waals surface area contributed by atoms with Gasteiger partial charge in [-0.05, 0) is 57.4 Å². The largest absolute Gasteiger partial charge is 0.494 e. The molecule has 1 aliphatic rings. The third-order valence-corrected chi connectivity index (χ3v) is 4.20. The Kier molecular flexibility index (Phi) is 8.21. The second-order valence-electron chi connectivity index (χ2n) is 6.08. The zero-order valence-corrected chi connectivity index (χ0v) is 15.6. The number of benzene rings is 1. The molecular weight excluding hydrogens is 334 g/mol. The fraction of sp³-hybridized carbons (Fsp3) is 0.579. The van der Waals surface area contributed by atoms with Gasteiger partial charge in [0.2, 0.25) is 5.91 Å². The van der Waals surface area contributed by atoms with Gasteiger partial charge in [0.15, 0.2) is 0 Å². The monoisotopic (exact) mass is 363 g/mol. The summed E-state index contributed by atoms with van der Waals surface area (Å²) in [5, 5.41) is 5.75.